The average molecular weight is 1110 g/mol. The van der Waals surface area contributed by atoms with Gasteiger partial charge in [-0.25, -0.2) is 0 Å². The van der Waals surface area contributed by atoms with Gasteiger partial charge in [0.15, 0.2) is 0 Å². The highest BCUT2D eigenvalue weighted by Crippen LogP contribution is 2.66. The lowest BCUT2D eigenvalue weighted by Crippen LogP contribution is -2.61. The maximum atomic E-state index is 2.93. The van der Waals surface area contributed by atoms with Crippen LogP contribution in [0.5, 0.6) is 0 Å². The van der Waals surface area contributed by atoms with E-state index in [1.807, 2.05) is 0 Å². The molecule has 0 amide bonds. The van der Waals surface area contributed by atoms with E-state index in [-0.39, 0.29) is 55.4 Å². The predicted octanol–water partition coefficient (Wildman–Crippen LogP) is 20.1. The summed E-state index contributed by atoms with van der Waals surface area (Å²) in [6, 6.07) is 41.7. The van der Waals surface area contributed by atoms with Gasteiger partial charge in [0.05, 0.1) is 11.4 Å². The van der Waals surface area contributed by atoms with Gasteiger partial charge < -0.3 is 9.80 Å². The normalized spacial score (nSPS) is 27.5. The van der Waals surface area contributed by atoms with E-state index in [9.17, 15) is 0 Å². The Kier molecular flexibility index (Phi) is 10.8. The molecule has 3 heterocycles. The van der Waals surface area contributed by atoms with Crippen LogP contribution in [0.1, 0.15) is 244 Å². The number of hydrogen-bond donors (Lipinski definition) is 0. The lowest BCUT2D eigenvalue weighted by Gasteiger charge is -2.49. The molecule has 83 heavy (non-hydrogen) atoms. The van der Waals surface area contributed by atoms with Gasteiger partial charge in [-0.1, -0.05) is 153 Å². The van der Waals surface area contributed by atoms with E-state index in [1.54, 1.807) is 33.4 Å². The molecule has 4 saturated carbocycles. The Morgan fingerprint density at radius 1 is 0.422 bits per heavy atom. The molecular formula is C79H93BN2S. The summed E-state index contributed by atoms with van der Waals surface area (Å²) in [4.78, 5) is 5.84. The van der Waals surface area contributed by atoms with Crippen molar-refractivity contribution in [2.24, 2.45) is 17.8 Å². The second-order valence-electron chi connectivity index (χ2n) is 34.5. The average Bonchev–Trinajstić information content (AvgIpc) is 1.73. The smallest absolute Gasteiger partial charge is 0.264 e. The highest BCUT2D eigenvalue weighted by atomic mass is 32.1. The molecule has 0 radical (unpaired) electrons. The highest BCUT2D eigenvalue weighted by Gasteiger charge is 2.58. The zero-order chi connectivity index (χ0) is 57.9. The predicted molar refractivity (Wildman–Crippen MR) is 358 cm³/mol. The fourth-order valence-corrected chi connectivity index (χ4v) is 21.3. The fraction of sp³-hybridized carbons (Fsp3) is 0.519. The second kappa shape index (κ2) is 16.7. The molecule has 0 saturated heterocycles. The van der Waals surface area contributed by atoms with Crippen LogP contribution in [-0.2, 0) is 48.7 Å². The van der Waals surface area contributed by atoms with Gasteiger partial charge >= 0.3 is 0 Å². The van der Waals surface area contributed by atoms with Crippen LogP contribution in [0.15, 0.2) is 97.1 Å². The van der Waals surface area contributed by atoms with Crippen molar-refractivity contribution >= 4 is 78.0 Å². The number of thiophene rings is 1. The number of hydrogen-bond acceptors (Lipinski definition) is 3. The lowest BCUT2D eigenvalue weighted by atomic mass is 9.35. The van der Waals surface area contributed by atoms with Crippen LogP contribution >= 0.6 is 11.3 Å². The van der Waals surface area contributed by atoms with Crippen LogP contribution < -0.4 is 25.5 Å². The molecule has 2 aliphatic heterocycles. The van der Waals surface area contributed by atoms with Crippen LogP contribution in [0.25, 0.3) is 21.2 Å². The quantitative estimate of drug-likeness (QED) is 0.162. The van der Waals surface area contributed by atoms with E-state index in [0.717, 1.165) is 17.8 Å². The number of anilines is 6. The van der Waals surface area contributed by atoms with E-state index in [4.69, 9.17) is 0 Å². The van der Waals surface area contributed by atoms with Crippen LogP contribution in [0.2, 0.25) is 0 Å². The number of rotatable bonds is 4. The zero-order valence-electron chi connectivity index (χ0n) is 53.5. The highest BCUT2D eigenvalue weighted by molar-refractivity contribution is 7.33. The monoisotopic (exact) mass is 1110 g/mol. The SMILES string of the molecule is CC1(C)CCC(C)(C)c2cc(N3c4cc(C56CC7CC(C5)C(C7)C6)cc5c4B(c4cc6c(cc4N5c4cc5c(cc4-c4ccccc4)C(C)(C)CCC5(C)C)C(C)(C)CCC6(C)C)c4sc5cc6c(cc5c43)C(C)(C)CCC6(C)C)ccc21. The minimum absolute atomic E-state index is 0.0277. The Labute approximate surface area is 503 Å². The van der Waals surface area contributed by atoms with Gasteiger partial charge in [-0.15, -0.1) is 11.3 Å². The molecule has 17 rings (SSSR count). The Bertz CT molecular complexity index is 3940. The van der Waals surface area contributed by atoms with Crippen LogP contribution in [-0.4, -0.2) is 6.71 Å². The van der Waals surface area contributed by atoms with Crippen LogP contribution in [0.4, 0.5) is 34.1 Å². The Morgan fingerprint density at radius 2 is 0.892 bits per heavy atom. The van der Waals surface area contributed by atoms with Crippen molar-refractivity contribution in [3.8, 4) is 11.1 Å². The summed E-state index contributed by atoms with van der Waals surface area (Å²) < 4.78 is 2.98. The van der Waals surface area contributed by atoms with E-state index >= 15 is 0 Å². The summed E-state index contributed by atoms with van der Waals surface area (Å²) in [5.74, 6) is 2.55. The van der Waals surface area contributed by atoms with Gasteiger partial charge in [0, 0.05) is 43.2 Å². The largest absolute Gasteiger partial charge is 0.311 e. The summed E-state index contributed by atoms with van der Waals surface area (Å²) >= 11 is 2.14. The molecule has 10 aliphatic rings. The first-order valence-electron chi connectivity index (χ1n) is 33.0. The molecule has 4 fully saturated rings. The molecule has 0 spiro atoms. The van der Waals surface area contributed by atoms with E-state index in [1.165, 1.54) is 171 Å². The molecule has 1 aromatic heterocycles. The van der Waals surface area contributed by atoms with Crippen molar-refractivity contribution in [2.75, 3.05) is 9.80 Å². The topological polar surface area (TPSA) is 6.48 Å². The molecule has 2 nitrogen and oxygen atoms in total. The molecule has 4 heteroatoms. The van der Waals surface area contributed by atoms with Gasteiger partial charge in [0.1, 0.15) is 0 Å². The fourth-order valence-electron chi connectivity index (χ4n) is 20.0. The molecule has 6 aromatic carbocycles. The van der Waals surface area contributed by atoms with Gasteiger partial charge in [-0.2, -0.15) is 0 Å². The van der Waals surface area contributed by atoms with Crippen LogP contribution in [0, 0.1) is 17.8 Å². The molecule has 8 aliphatic carbocycles. The van der Waals surface area contributed by atoms with Crippen molar-refractivity contribution in [2.45, 2.75) is 243 Å². The van der Waals surface area contributed by atoms with Crippen molar-refractivity contribution in [1.82, 2.24) is 0 Å². The van der Waals surface area contributed by atoms with Gasteiger partial charge in [0.2, 0.25) is 0 Å². The summed E-state index contributed by atoms with van der Waals surface area (Å²) in [5, 5.41) is 1.46. The Morgan fingerprint density at radius 3 is 1.45 bits per heavy atom. The second-order valence-corrected chi connectivity index (χ2v) is 35.6. The molecular weight excluding hydrogens is 1020 g/mol. The van der Waals surface area contributed by atoms with Gasteiger partial charge in [0.25, 0.3) is 6.71 Å². The standard InChI is InChI=1S/C79H93BN2S/c1-71(2)24-25-72(3,4)55-36-51(22-23-54(55)71)81-65-34-50(79-43-46-32-48(44-79)49(33-46)45-79)35-66-68(65)80(70-69(81)53-38-57-61(42-67(53)83-70)78(15,16)31-27-74(57,7)8)62-39-58-60(77(13,14)30-28-75(58,9)10)41-64(62)82(66)63-40-59-56(73(5,6)26-29-76(59,11)12)37-52(63)47-20-18-17-19-21-47/h17-23,34-42,46,48-49H,24-33,43-45H2,1-16H3. The number of fused-ring (bicyclic) bond motifs is 10. The zero-order valence-corrected chi connectivity index (χ0v) is 54.4. The number of benzene rings is 6. The van der Waals surface area contributed by atoms with E-state index in [0.29, 0.717) is 0 Å². The van der Waals surface area contributed by atoms with E-state index in [2.05, 4.69) is 229 Å². The molecule has 7 aromatic rings. The third-order valence-electron chi connectivity index (χ3n) is 25.5. The van der Waals surface area contributed by atoms with Gasteiger partial charge in [-0.05, 0) is 271 Å². The third kappa shape index (κ3) is 7.44. The van der Waals surface area contributed by atoms with Crippen molar-refractivity contribution in [1.29, 1.82) is 0 Å². The molecule has 2 atom stereocenters. The Balaban J connectivity index is 1.08. The lowest BCUT2D eigenvalue weighted by molar-refractivity contribution is 0.229. The van der Waals surface area contributed by atoms with Crippen molar-refractivity contribution in [3.63, 3.8) is 0 Å². The summed E-state index contributed by atoms with van der Waals surface area (Å²) in [6.45, 7) is 40.6. The molecule has 428 valence electrons. The summed E-state index contributed by atoms with van der Waals surface area (Å²) in [7, 11) is 0. The maximum Gasteiger partial charge on any atom is 0.264 e. The van der Waals surface area contributed by atoms with E-state index < -0.39 is 0 Å². The third-order valence-corrected chi connectivity index (χ3v) is 26.7. The molecule has 2 unspecified atom stereocenters. The van der Waals surface area contributed by atoms with Crippen molar-refractivity contribution < 1.29 is 0 Å². The minimum Gasteiger partial charge on any atom is -0.311 e. The first-order valence-corrected chi connectivity index (χ1v) is 33.8. The minimum atomic E-state index is 0.0277. The maximum absolute atomic E-state index is 2.93. The first-order chi connectivity index (χ1) is 39.0. The molecule has 4 bridgehead atoms. The number of nitrogens with zero attached hydrogens (tertiary/aromatic N) is 2. The van der Waals surface area contributed by atoms with Crippen LogP contribution in [0.3, 0.4) is 0 Å². The Hall–Kier alpha value is -5.06. The molecule has 0 N–H and O–H groups in total. The summed E-state index contributed by atoms with van der Waals surface area (Å²) in [5.41, 5.74) is 28.8. The van der Waals surface area contributed by atoms with Crippen molar-refractivity contribution in [3.05, 3.63) is 147 Å². The first kappa shape index (κ1) is 53.4. The van der Waals surface area contributed by atoms with Gasteiger partial charge in [-0.3, -0.25) is 0 Å². The summed E-state index contributed by atoms with van der Waals surface area (Å²) in [6.07, 6.45) is 16.5.